The van der Waals surface area contributed by atoms with Gasteiger partial charge in [-0.3, -0.25) is 9.69 Å². The predicted molar refractivity (Wildman–Crippen MR) is 109 cm³/mol. The van der Waals surface area contributed by atoms with Crippen LogP contribution in [0.2, 0.25) is 0 Å². The van der Waals surface area contributed by atoms with E-state index in [1.165, 1.54) is 10.9 Å². The number of aliphatic carboxylic acids is 2. The lowest BCUT2D eigenvalue weighted by Gasteiger charge is -2.33. The van der Waals surface area contributed by atoms with Gasteiger partial charge in [0.1, 0.15) is 5.75 Å². The average molecular weight is 402 g/mol. The Bertz CT molecular complexity index is 894. The van der Waals surface area contributed by atoms with Crippen molar-refractivity contribution in [2.45, 2.75) is 31.4 Å². The highest BCUT2D eigenvalue weighted by Gasteiger charge is 2.27. The van der Waals surface area contributed by atoms with Crippen LogP contribution in [0.1, 0.15) is 17.5 Å². The van der Waals surface area contributed by atoms with Crippen molar-refractivity contribution in [2.75, 3.05) is 13.1 Å². The molecule has 1 heterocycles. The number of hydrogen-bond acceptors (Lipinski definition) is 5. The lowest BCUT2D eigenvalue weighted by atomic mass is 9.87. The molecule has 0 spiro atoms. The third kappa shape index (κ3) is 5.46. The number of rotatable bonds is 8. The summed E-state index contributed by atoms with van der Waals surface area (Å²) in [7, 11) is 0. The molecule has 1 aromatic carbocycles. The van der Waals surface area contributed by atoms with Gasteiger partial charge in [-0.2, -0.15) is 0 Å². The minimum atomic E-state index is -1.79. The first-order chi connectivity index (χ1) is 13.8. The van der Waals surface area contributed by atoms with Crippen molar-refractivity contribution in [3.63, 3.8) is 0 Å². The first-order valence-electron chi connectivity index (χ1n) is 9.17. The van der Waals surface area contributed by atoms with Gasteiger partial charge in [-0.05, 0) is 30.5 Å². The topological polar surface area (TPSA) is 134 Å². The van der Waals surface area contributed by atoms with Gasteiger partial charge in [0.15, 0.2) is 6.10 Å². The quantitative estimate of drug-likeness (QED) is 0.426. The molecule has 0 saturated heterocycles. The van der Waals surface area contributed by atoms with E-state index in [9.17, 15) is 14.7 Å². The molecule has 29 heavy (non-hydrogen) atoms. The summed E-state index contributed by atoms with van der Waals surface area (Å²) < 4.78 is 0. The molecule has 3 rings (SSSR count). The number of benzene rings is 1. The van der Waals surface area contributed by atoms with Crippen LogP contribution in [0.5, 0.6) is 5.75 Å². The van der Waals surface area contributed by atoms with Crippen molar-refractivity contribution in [1.82, 2.24) is 9.88 Å². The highest BCUT2D eigenvalue weighted by Crippen LogP contribution is 2.36. The number of aliphatic hydroxyl groups is 1. The molecule has 2 unspecified atom stereocenters. The van der Waals surface area contributed by atoms with Crippen molar-refractivity contribution in [3.05, 3.63) is 54.8 Å². The molecule has 8 nitrogen and oxygen atoms in total. The molecule has 0 saturated carbocycles. The fraction of sp³-hybridized carbons (Fsp3) is 0.333. The Labute approximate surface area is 168 Å². The molecule has 1 aliphatic carbocycles. The number of phenols is 1. The zero-order valence-corrected chi connectivity index (χ0v) is 16.0. The van der Waals surface area contributed by atoms with E-state index in [0.717, 1.165) is 37.0 Å². The highest BCUT2D eigenvalue weighted by molar-refractivity contribution is 5.89. The van der Waals surface area contributed by atoms with Crippen LogP contribution >= 0.6 is 0 Å². The Balaban J connectivity index is 0.000000284. The minimum absolute atomic E-state index is 0.380. The molecule has 0 amide bonds. The Kier molecular flexibility index (Phi) is 7.58. The third-order valence-electron chi connectivity index (χ3n) is 4.80. The van der Waals surface area contributed by atoms with Crippen molar-refractivity contribution in [1.29, 1.82) is 0 Å². The van der Waals surface area contributed by atoms with Crippen molar-refractivity contribution >= 4 is 22.8 Å². The largest absolute Gasteiger partial charge is 0.508 e. The van der Waals surface area contributed by atoms with Crippen LogP contribution in [0.4, 0.5) is 0 Å². The Morgan fingerprint density at radius 3 is 2.38 bits per heavy atom. The maximum Gasteiger partial charge on any atom is 0.333 e. The zero-order valence-electron chi connectivity index (χ0n) is 16.0. The molecule has 0 aliphatic heterocycles. The summed E-state index contributed by atoms with van der Waals surface area (Å²) in [6.07, 6.45) is 5.25. The molecular weight excluding hydrogens is 376 g/mol. The lowest BCUT2D eigenvalue weighted by Crippen LogP contribution is -2.40. The van der Waals surface area contributed by atoms with E-state index in [0.29, 0.717) is 11.8 Å². The molecule has 5 N–H and O–H groups in total. The van der Waals surface area contributed by atoms with Gasteiger partial charge in [-0.1, -0.05) is 12.2 Å². The summed E-state index contributed by atoms with van der Waals surface area (Å²) >= 11 is 0. The molecule has 2 aromatic rings. The number of carboxylic acids is 2. The van der Waals surface area contributed by atoms with Crippen LogP contribution in [0.15, 0.2) is 43.6 Å². The zero-order chi connectivity index (χ0) is 21.6. The highest BCUT2D eigenvalue weighted by atomic mass is 16.4. The molecule has 1 aliphatic rings. The fourth-order valence-corrected chi connectivity index (χ4v) is 3.51. The van der Waals surface area contributed by atoms with Crippen LogP contribution in [-0.4, -0.2) is 67.5 Å². The number of H-pyrrole nitrogens is 1. The van der Waals surface area contributed by atoms with Crippen LogP contribution in [0.25, 0.3) is 10.9 Å². The number of aromatic amines is 1. The second-order valence-corrected chi connectivity index (χ2v) is 6.84. The second-order valence-electron chi connectivity index (χ2n) is 6.84. The van der Waals surface area contributed by atoms with E-state index < -0.39 is 24.5 Å². The maximum atomic E-state index is 10.2. The first-order valence-corrected chi connectivity index (χ1v) is 9.17. The predicted octanol–water partition coefficient (Wildman–Crippen LogP) is 1.92. The summed E-state index contributed by atoms with van der Waals surface area (Å²) in [5.74, 6) is -2.44. The van der Waals surface area contributed by atoms with Gasteiger partial charge in [0, 0.05) is 41.8 Å². The van der Waals surface area contributed by atoms with Crippen molar-refractivity contribution in [2.24, 2.45) is 0 Å². The molecule has 1 aromatic heterocycles. The van der Waals surface area contributed by atoms with Crippen LogP contribution in [0.3, 0.4) is 0 Å². The third-order valence-corrected chi connectivity index (χ3v) is 4.80. The van der Waals surface area contributed by atoms with E-state index in [2.05, 4.69) is 29.2 Å². The summed E-state index contributed by atoms with van der Waals surface area (Å²) in [5, 5.41) is 35.5. The minimum Gasteiger partial charge on any atom is -0.508 e. The second kappa shape index (κ2) is 9.90. The van der Waals surface area contributed by atoms with E-state index in [4.69, 9.17) is 15.3 Å². The molecule has 0 radical (unpaired) electrons. The van der Waals surface area contributed by atoms with Crippen LogP contribution < -0.4 is 0 Å². The summed E-state index contributed by atoms with van der Waals surface area (Å²) in [6, 6.07) is 4.11. The fourth-order valence-electron chi connectivity index (χ4n) is 3.51. The molecule has 156 valence electrons. The smallest absolute Gasteiger partial charge is 0.333 e. The Morgan fingerprint density at radius 2 is 1.86 bits per heavy atom. The van der Waals surface area contributed by atoms with Gasteiger partial charge in [-0.15, -0.1) is 13.2 Å². The monoisotopic (exact) mass is 402 g/mol. The number of hydrogen-bond donors (Lipinski definition) is 5. The molecule has 8 heteroatoms. The number of aromatic nitrogens is 1. The van der Waals surface area contributed by atoms with E-state index >= 15 is 0 Å². The summed E-state index contributed by atoms with van der Waals surface area (Å²) in [6.45, 7) is 9.35. The number of aromatic hydroxyl groups is 1. The van der Waals surface area contributed by atoms with E-state index in [-0.39, 0.29) is 0 Å². The first kappa shape index (κ1) is 22.2. The Hall–Kier alpha value is -3.10. The van der Waals surface area contributed by atoms with Gasteiger partial charge >= 0.3 is 11.9 Å². The molecule has 2 atom stereocenters. The van der Waals surface area contributed by atoms with Gasteiger partial charge < -0.3 is 25.4 Å². The summed E-state index contributed by atoms with van der Waals surface area (Å²) in [4.78, 5) is 25.1. The number of aliphatic hydroxyl groups excluding tert-OH is 1. The number of carboxylic acid groups (broad SMARTS) is 2. The average Bonchev–Trinajstić information content (AvgIpc) is 3.08. The normalized spacial score (nSPS) is 16.0. The number of carbonyl (C=O) groups is 2. The maximum absolute atomic E-state index is 10.2. The molecule has 0 bridgehead atoms. The standard InChI is InChI=1S/C17H20N2O.C4H6O5/c1-3-7-19(8-4-2)13-9-12-11-18-15-5-6-16(20)14(10-13)17(12)15;5-2(4(8)9)1-3(6)7/h3-6,11,13,18,20H,1-2,7-10H2;2,5H,1H2,(H,6,7)(H,8,9). The Morgan fingerprint density at radius 1 is 1.21 bits per heavy atom. The number of nitrogens with zero attached hydrogens (tertiary/aromatic N) is 1. The molecule has 0 fully saturated rings. The van der Waals surface area contributed by atoms with Crippen LogP contribution in [0, 0.1) is 0 Å². The van der Waals surface area contributed by atoms with Gasteiger partial charge in [0.25, 0.3) is 0 Å². The van der Waals surface area contributed by atoms with Crippen LogP contribution in [-0.2, 0) is 22.4 Å². The van der Waals surface area contributed by atoms with E-state index in [1.807, 2.05) is 18.2 Å². The summed E-state index contributed by atoms with van der Waals surface area (Å²) in [5.41, 5.74) is 3.47. The van der Waals surface area contributed by atoms with Crippen molar-refractivity contribution in [3.8, 4) is 5.75 Å². The van der Waals surface area contributed by atoms with Gasteiger partial charge in [0.2, 0.25) is 0 Å². The SMILES string of the molecule is C=CCN(CC=C)C1Cc2c[nH]c3ccc(O)c(c23)C1.O=C(O)CC(O)C(=O)O. The number of nitrogens with one attached hydrogen (secondary N) is 1. The van der Waals surface area contributed by atoms with Gasteiger partial charge in [0.05, 0.1) is 6.42 Å². The number of phenolic OH excluding ortho intramolecular Hbond substituents is 1. The lowest BCUT2D eigenvalue weighted by molar-refractivity contribution is -0.152. The van der Waals surface area contributed by atoms with Crippen molar-refractivity contribution < 1.29 is 30.0 Å². The van der Waals surface area contributed by atoms with E-state index in [1.54, 1.807) is 6.07 Å². The molecular formula is C21H26N2O6. The van der Waals surface area contributed by atoms with Gasteiger partial charge in [-0.25, -0.2) is 4.79 Å².